The van der Waals surface area contributed by atoms with Gasteiger partial charge in [0, 0.05) is 51.1 Å². The third-order valence-electron chi connectivity index (χ3n) is 5.37. The van der Waals surface area contributed by atoms with Crippen molar-refractivity contribution in [3.05, 3.63) is 70.8 Å². The topological polar surface area (TPSA) is 64.4 Å². The number of carbonyl (C=O) groups is 2. The summed E-state index contributed by atoms with van der Waals surface area (Å²) >= 11 is 0. The number of benzene rings is 2. The molecule has 2 aromatic rings. The Morgan fingerprint density at radius 1 is 0.931 bits per heavy atom. The summed E-state index contributed by atoms with van der Waals surface area (Å²) in [5, 5.41) is 8.90. The van der Waals surface area contributed by atoms with Gasteiger partial charge in [0.25, 0.3) is 0 Å². The number of rotatable bonds is 6. The van der Waals surface area contributed by atoms with Crippen LogP contribution in [0.2, 0.25) is 0 Å². The van der Waals surface area contributed by atoms with Gasteiger partial charge >= 0.3 is 0 Å². The lowest BCUT2D eigenvalue weighted by Gasteiger charge is -2.22. The minimum Gasteiger partial charge on any atom is -0.341 e. The number of nitrogens with zero attached hydrogens (tertiary/aromatic N) is 3. The van der Waals surface area contributed by atoms with Crippen LogP contribution in [0.1, 0.15) is 46.3 Å². The van der Waals surface area contributed by atoms with Gasteiger partial charge in [0.15, 0.2) is 5.78 Å². The van der Waals surface area contributed by atoms with Gasteiger partial charge in [0.2, 0.25) is 5.91 Å². The van der Waals surface area contributed by atoms with Gasteiger partial charge < -0.3 is 4.90 Å². The Balaban J connectivity index is 1.46. The lowest BCUT2D eigenvalue weighted by molar-refractivity contribution is -0.131. The molecule has 0 aliphatic carbocycles. The van der Waals surface area contributed by atoms with Crippen LogP contribution >= 0.6 is 0 Å². The van der Waals surface area contributed by atoms with Gasteiger partial charge in [-0.2, -0.15) is 5.26 Å². The maximum absolute atomic E-state index is 12.6. The molecule has 0 unspecified atom stereocenters. The third-order valence-corrected chi connectivity index (χ3v) is 5.37. The zero-order valence-corrected chi connectivity index (χ0v) is 16.9. The second-order valence-corrected chi connectivity index (χ2v) is 7.61. The van der Waals surface area contributed by atoms with Gasteiger partial charge in [-0.15, -0.1) is 0 Å². The Kier molecular flexibility index (Phi) is 7.15. The molecule has 2 aromatic carbocycles. The van der Waals surface area contributed by atoms with Crippen LogP contribution in [0.3, 0.4) is 0 Å². The first kappa shape index (κ1) is 20.8. The summed E-state index contributed by atoms with van der Waals surface area (Å²) in [6.45, 7) is 5.99. The molecule has 150 valence electrons. The van der Waals surface area contributed by atoms with Crippen LogP contribution in [-0.2, 0) is 11.3 Å². The van der Waals surface area contributed by atoms with Gasteiger partial charge in [-0.25, -0.2) is 0 Å². The predicted octanol–water partition coefficient (Wildman–Crippen LogP) is 3.56. The minimum absolute atomic E-state index is 0.0237. The van der Waals surface area contributed by atoms with Crippen molar-refractivity contribution >= 4 is 11.7 Å². The number of aryl methyl sites for hydroxylation is 1. The minimum atomic E-state index is 0.0237. The van der Waals surface area contributed by atoms with E-state index in [1.807, 2.05) is 60.4 Å². The van der Waals surface area contributed by atoms with Gasteiger partial charge in [-0.1, -0.05) is 42.0 Å². The van der Waals surface area contributed by atoms with Crippen molar-refractivity contribution < 1.29 is 9.59 Å². The molecule has 29 heavy (non-hydrogen) atoms. The lowest BCUT2D eigenvalue weighted by atomic mass is 10.0. The summed E-state index contributed by atoms with van der Waals surface area (Å²) in [6.07, 6.45) is 1.45. The highest BCUT2D eigenvalue weighted by molar-refractivity contribution is 5.97. The normalized spacial score (nSPS) is 14.8. The van der Waals surface area contributed by atoms with E-state index in [1.54, 1.807) is 0 Å². The van der Waals surface area contributed by atoms with Crippen molar-refractivity contribution in [3.63, 3.8) is 0 Å². The maximum atomic E-state index is 12.6. The first-order valence-corrected chi connectivity index (χ1v) is 10.1. The van der Waals surface area contributed by atoms with Crippen LogP contribution in [0.5, 0.6) is 0 Å². The molecule has 1 heterocycles. The summed E-state index contributed by atoms with van der Waals surface area (Å²) in [7, 11) is 0. The largest absolute Gasteiger partial charge is 0.341 e. The summed E-state index contributed by atoms with van der Waals surface area (Å²) in [5.74, 6) is 0.0845. The second-order valence-electron chi connectivity index (χ2n) is 7.61. The maximum Gasteiger partial charge on any atom is 0.223 e. The molecule has 1 aliphatic rings. The van der Waals surface area contributed by atoms with E-state index in [1.165, 1.54) is 5.56 Å². The van der Waals surface area contributed by atoms with Crippen molar-refractivity contribution in [2.24, 2.45) is 0 Å². The van der Waals surface area contributed by atoms with E-state index in [9.17, 15) is 9.59 Å². The number of Topliss-reactive ketones (excluding diaryl/α,β-unsaturated/α-hetero) is 1. The third kappa shape index (κ3) is 6.00. The molecule has 0 radical (unpaired) electrons. The van der Waals surface area contributed by atoms with E-state index in [4.69, 9.17) is 5.26 Å². The van der Waals surface area contributed by atoms with Gasteiger partial charge in [0.05, 0.1) is 11.6 Å². The highest BCUT2D eigenvalue weighted by Gasteiger charge is 2.20. The first-order chi connectivity index (χ1) is 14.0. The number of ketones is 1. The fourth-order valence-electron chi connectivity index (χ4n) is 3.58. The van der Waals surface area contributed by atoms with Gasteiger partial charge in [-0.3, -0.25) is 14.5 Å². The molecule has 0 spiro atoms. The molecule has 3 rings (SSSR count). The van der Waals surface area contributed by atoms with Gasteiger partial charge in [0.1, 0.15) is 0 Å². The second kappa shape index (κ2) is 9.99. The van der Waals surface area contributed by atoms with Crippen LogP contribution in [-0.4, -0.2) is 47.7 Å². The molecule has 0 bridgehead atoms. The van der Waals surface area contributed by atoms with E-state index in [2.05, 4.69) is 11.0 Å². The van der Waals surface area contributed by atoms with Crippen molar-refractivity contribution in [2.75, 3.05) is 26.2 Å². The fraction of sp³-hybridized carbons (Fsp3) is 0.375. The van der Waals surface area contributed by atoms with Crippen LogP contribution in [0.15, 0.2) is 48.5 Å². The zero-order chi connectivity index (χ0) is 20.6. The summed E-state index contributed by atoms with van der Waals surface area (Å²) in [5.41, 5.74) is 3.63. The Bertz CT molecular complexity index is 882. The number of hydrogen-bond acceptors (Lipinski definition) is 4. The number of amides is 1. The van der Waals surface area contributed by atoms with Crippen LogP contribution in [0, 0.1) is 18.3 Å². The molecular formula is C24H27N3O2. The lowest BCUT2D eigenvalue weighted by Crippen LogP contribution is -2.35. The van der Waals surface area contributed by atoms with Crippen molar-refractivity contribution in [1.29, 1.82) is 5.26 Å². The molecule has 5 nitrogen and oxygen atoms in total. The molecule has 0 N–H and O–H groups in total. The Morgan fingerprint density at radius 3 is 2.34 bits per heavy atom. The molecule has 1 amide bonds. The SMILES string of the molecule is Cc1ccc(C(=O)CCC(=O)N2CCCN(Cc3ccc(C#N)cc3)CC2)cc1. The number of nitriles is 1. The number of carbonyl (C=O) groups excluding carboxylic acids is 2. The molecule has 0 atom stereocenters. The van der Waals surface area contributed by atoms with Crippen LogP contribution in [0.25, 0.3) is 0 Å². The fourth-order valence-corrected chi connectivity index (χ4v) is 3.58. The standard InChI is InChI=1S/C24H27N3O2/c1-19-3-9-22(10-4-19)23(28)11-12-24(29)27-14-2-13-26(15-16-27)18-21-7-5-20(17-25)6-8-21/h3-10H,2,11-16,18H2,1H3. The molecule has 0 saturated carbocycles. The zero-order valence-electron chi connectivity index (χ0n) is 16.9. The Hall–Kier alpha value is -2.97. The van der Waals surface area contributed by atoms with Crippen molar-refractivity contribution in [2.45, 2.75) is 32.7 Å². The van der Waals surface area contributed by atoms with E-state index in [-0.39, 0.29) is 24.5 Å². The van der Waals surface area contributed by atoms with E-state index in [0.717, 1.165) is 38.2 Å². The average molecular weight is 389 g/mol. The monoisotopic (exact) mass is 389 g/mol. The molecular weight excluding hydrogens is 362 g/mol. The molecule has 5 heteroatoms. The molecule has 1 fully saturated rings. The van der Waals surface area contributed by atoms with E-state index < -0.39 is 0 Å². The Labute approximate surface area is 172 Å². The smallest absolute Gasteiger partial charge is 0.223 e. The quantitative estimate of drug-likeness (QED) is 0.709. The van der Waals surface area contributed by atoms with Gasteiger partial charge in [-0.05, 0) is 31.0 Å². The van der Waals surface area contributed by atoms with E-state index in [0.29, 0.717) is 17.7 Å². The first-order valence-electron chi connectivity index (χ1n) is 10.1. The average Bonchev–Trinajstić information content (AvgIpc) is 2.98. The highest BCUT2D eigenvalue weighted by Crippen LogP contribution is 2.13. The predicted molar refractivity (Wildman–Crippen MR) is 112 cm³/mol. The number of hydrogen-bond donors (Lipinski definition) is 0. The summed E-state index contributed by atoms with van der Waals surface area (Å²) in [4.78, 5) is 29.1. The van der Waals surface area contributed by atoms with Crippen LogP contribution in [0.4, 0.5) is 0 Å². The highest BCUT2D eigenvalue weighted by atomic mass is 16.2. The molecule has 0 aromatic heterocycles. The molecule has 1 saturated heterocycles. The van der Waals surface area contributed by atoms with Crippen molar-refractivity contribution in [1.82, 2.24) is 9.80 Å². The van der Waals surface area contributed by atoms with Crippen LogP contribution < -0.4 is 0 Å². The summed E-state index contributed by atoms with van der Waals surface area (Å²) < 4.78 is 0. The summed E-state index contributed by atoms with van der Waals surface area (Å²) in [6, 6.07) is 17.3. The Morgan fingerprint density at radius 2 is 1.66 bits per heavy atom. The van der Waals surface area contributed by atoms with E-state index >= 15 is 0 Å². The molecule has 1 aliphatic heterocycles. The van der Waals surface area contributed by atoms with Crippen molar-refractivity contribution in [3.8, 4) is 6.07 Å².